The summed E-state index contributed by atoms with van der Waals surface area (Å²) >= 11 is 0. The van der Waals surface area contributed by atoms with Gasteiger partial charge < -0.3 is 9.47 Å². The van der Waals surface area contributed by atoms with Crippen molar-refractivity contribution in [2.45, 2.75) is 18.4 Å². The van der Waals surface area contributed by atoms with Crippen molar-refractivity contribution < 1.29 is 14.4 Å². The molecule has 1 heterocycles. The summed E-state index contributed by atoms with van der Waals surface area (Å²) in [5.41, 5.74) is 0.903. The molecule has 1 aliphatic rings. The fourth-order valence-electron chi connectivity index (χ4n) is 2.27. The summed E-state index contributed by atoms with van der Waals surface area (Å²) < 4.78 is 10.4. The highest BCUT2D eigenvalue weighted by molar-refractivity contribution is 5.37. The SMILES string of the molecule is COc1ccccc1[C@H]1CCOC[C@@H]1[N+](=O)[O-]. The average molecular weight is 237 g/mol. The number of methoxy groups -OCH3 is 1. The first-order valence-corrected chi connectivity index (χ1v) is 5.58. The van der Waals surface area contributed by atoms with Crippen LogP contribution in [0, 0.1) is 10.1 Å². The number of para-hydroxylation sites is 1. The lowest BCUT2D eigenvalue weighted by atomic mass is 9.87. The average Bonchev–Trinajstić information content (AvgIpc) is 2.38. The zero-order valence-corrected chi connectivity index (χ0v) is 9.67. The summed E-state index contributed by atoms with van der Waals surface area (Å²) in [4.78, 5) is 10.8. The normalized spacial score (nSPS) is 24.3. The van der Waals surface area contributed by atoms with Crippen LogP contribution in [-0.4, -0.2) is 31.3 Å². The van der Waals surface area contributed by atoms with Crippen molar-refractivity contribution in [1.29, 1.82) is 0 Å². The summed E-state index contributed by atoms with van der Waals surface area (Å²) in [6.07, 6.45) is 0.659. The molecule has 0 aliphatic carbocycles. The van der Waals surface area contributed by atoms with Crippen LogP contribution in [0.1, 0.15) is 17.9 Å². The van der Waals surface area contributed by atoms with Crippen molar-refractivity contribution in [2.24, 2.45) is 0 Å². The van der Waals surface area contributed by atoms with Crippen LogP contribution in [0.15, 0.2) is 24.3 Å². The molecule has 17 heavy (non-hydrogen) atoms. The lowest BCUT2D eigenvalue weighted by Crippen LogP contribution is -2.37. The Labute approximate surface area is 99.5 Å². The van der Waals surface area contributed by atoms with Gasteiger partial charge in [-0.1, -0.05) is 18.2 Å². The molecule has 2 atom stereocenters. The molecular formula is C12H15NO4. The van der Waals surface area contributed by atoms with E-state index in [1.165, 1.54) is 0 Å². The van der Waals surface area contributed by atoms with Crippen molar-refractivity contribution >= 4 is 0 Å². The summed E-state index contributed by atoms with van der Waals surface area (Å²) in [6, 6.07) is 6.79. The molecule has 0 saturated carbocycles. The van der Waals surface area contributed by atoms with Gasteiger partial charge >= 0.3 is 0 Å². The molecule has 1 aliphatic heterocycles. The van der Waals surface area contributed by atoms with Gasteiger partial charge in [0.1, 0.15) is 12.4 Å². The summed E-state index contributed by atoms with van der Waals surface area (Å²) in [6.45, 7) is 0.739. The first-order chi connectivity index (χ1) is 8.24. The third-order valence-electron chi connectivity index (χ3n) is 3.14. The van der Waals surface area contributed by atoms with Crippen molar-refractivity contribution in [1.82, 2.24) is 0 Å². The van der Waals surface area contributed by atoms with Crippen LogP contribution in [0.25, 0.3) is 0 Å². The largest absolute Gasteiger partial charge is 0.496 e. The predicted octanol–water partition coefficient (Wildman–Crippen LogP) is 1.84. The van der Waals surface area contributed by atoms with Gasteiger partial charge in [-0.3, -0.25) is 10.1 Å². The van der Waals surface area contributed by atoms with E-state index in [1.54, 1.807) is 7.11 Å². The Kier molecular flexibility index (Phi) is 3.58. The van der Waals surface area contributed by atoms with Gasteiger partial charge in [-0.05, 0) is 12.5 Å². The van der Waals surface area contributed by atoms with Gasteiger partial charge in [0.05, 0.1) is 13.0 Å². The lowest BCUT2D eigenvalue weighted by Gasteiger charge is -2.26. The Hall–Kier alpha value is -1.62. The highest BCUT2D eigenvalue weighted by Gasteiger charge is 2.37. The van der Waals surface area contributed by atoms with Crippen molar-refractivity contribution in [3.63, 3.8) is 0 Å². The van der Waals surface area contributed by atoms with Crippen molar-refractivity contribution in [2.75, 3.05) is 20.3 Å². The van der Waals surface area contributed by atoms with Crippen LogP contribution in [0.4, 0.5) is 0 Å². The highest BCUT2D eigenvalue weighted by atomic mass is 16.6. The molecule has 5 heteroatoms. The highest BCUT2D eigenvalue weighted by Crippen LogP contribution is 2.34. The fourth-order valence-corrected chi connectivity index (χ4v) is 2.27. The third kappa shape index (κ3) is 2.39. The number of nitro groups is 1. The van der Waals surface area contributed by atoms with E-state index in [0.717, 1.165) is 5.56 Å². The standard InChI is InChI=1S/C12H15NO4/c1-16-12-5-3-2-4-10(12)9-6-7-17-8-11(9)13(14)15/h2-5,9,11H,6-8H2,1H3/t9-,11+/m1/s1. The Bertz CT molecular complexity index is 407. The summed E-state index contributed by atoms with van der Waals surface area (Å²) in [5.74, 6) is 0.584. The van der Waals surface area contributed by atoms with Gasteiger partial charge in [0.25, 0.3) is 0 Å². The molecule has 0 radical (unpaired) electrons. The quantitative estimate of drug-likeness (QED) is 0.594. The monoisotopic (exact) mass is 237 g/mol. The van der Waals surface area contributed by atoms with Crippen LogP contribution >= 0.6 is 0 Å². The van der Waals surface area contributed by atoms with E-state index < -0.39 is 6.04 Å². The van der Waals surface area contributed by atoms with Gasteiger partial charge in [0, 0.05) is 17.1 Å². The number of nitrogens with zero attached hydrogens (tertiary/aromatic N) is 1. The van der Waals surface area contributed by atoms with Crippen LogP contribution < -0.4 is 4.74 Å². The van der Waals surface area contributed by atoms with Crippen molar-refractivity contribution in [3.05, 3.63) is 39.9 Å². The number of hydrogen-bond acceptors (Lipinski definition) is 4. The number of benzene rings is 1. The Morgan fingerprint density at radius 2 is 2.24 bits per heavy atom. The van der Waals surface area contributed by atoms with E-state index in [9.17, 15) is 10.1 Å². The molecule has 0 bridgehead atoms. The number of rotatable bonds is 3. The molecular weight excluding hydrogens is 222 g/mol. The minimum atomic E-state index is -0.681. The molecule has 1 fully saturated rings. The maximum absolute atomic E-state index is 11.0. The van der Waals surface area contributed by atoms with Gasteiger partial charge in [0.2, 0.25) is 6.04 Å². The molecule has 0 amide bonds. The van der Waals surface area contributed by atoms with Gasteiger partial charge in [0.15, 0.2) is 0 Å². The lowest BCUT2D eigenvalue weighted by molar-refractivity contribution is -0.534. The van der Waals surface area contributed by atoms with Crippen LogP contribution in [0.5, 0.6) is 5.75 Å². The van der Waals surface area contributed by atoms with Gasteiger partial charge in [-0.2, -0.15) is 0 Å². The second-order valence-corrected chi connectivity index (χ2v) is 4.06. The fraction of sp³-hybridized carbons (Fsp3) is 0.500. The van der Waals surface area contributed by atoms with Crippen LogP contribution in [0.2, 0.25) is 0 Å². The molecule has 0 N–H and O–H groups in total. The number of ether oxygens (including phenoxy) is 2. The number of hydrogen-bond donors (Lipinski definition) is 0. The minimum absolute atomic E-state index is 0.130. The van der Waals surface area contributed by atoms with Crippen molar-refractivity contribution in [3.8, 4) is 5.75 Å². The maximum Gasteiger partial charge on any atom is 0.243 e. The first kappa shape index (κ1) is 11.9. The van der Waals surface area contributed by atoms with E-state index in [0.29, 0.717) is 18.8 Å². The molecule has 5 nitrogen and oxygen atoms in total. The van der Waals surface area contributed by atoms with E-state index in [2.05, 4.69) is 0 Å². The molecule has 1 aromatic rings. The smallest absolute Gasteiger partial charge is 0.243 e. The topological polar surface area (TPSA) is 61.6 Å². The zero-order valence-electron chi connectivity index (χ0n) is 9.67. The molecule has 0 spiro atoms. The molecule has 0 unspecified atom stereocenters. The van der Waals surface area contributed by atoms with Gasteiger partial charge in [-0.15, -0.1) is 0 Å². The Balaban J connectivity index is 2.32. The van der Waals surface area contributed by atoms with E-state index in [-0.39, 0.29) is 17.4 Å². The minimum Gasteiger partial charge on any atom is -0.496 e. The van der Waals surface area contributed by atoms with E-state index >= 15 is 0 Å². The van der Waals surface area contributed by atoms with E-state index in [4.69, 9.17) is 9.47 Å². The molecule has 1 aromatic carbocycles. The molecule has 2 rings (SSSR count). The predicted molar refractivity (Wildman–Crippen MR) is 62.0 cm³/mol. The maximum atomic E-state index is 11.0. The van der Waals surface area contributed by atoms with Crippen LogP contribution in [0.3, 0.4) is 0 Å². The van der Waals surface area contributed by atoms with Gasteiger partial charge in [-0.25, -0.2) is 0 Å². The second-order valence-electron chi connectivity index (χ2n) is 4.06. The third-order valence-corrected chi connectivity index (χ3v) is 3.14. The molecule has 92 valence electrons. The summed E-state index contributed by atoms with van der Waals surface area (Å²) in [5, 5.41) is 11.0. The Morgan fingerprint density at radius 3 is 2.94 bits per heavy atom. The second kappa shape index (κ2) is 5.14. The first-order valence-electron chi connectivity index (χ1n) is 5.58. The summed E-state index contributed by atoms with van der Waals surface area (Å²) in [7, 11) is 1.58. The molecule has 0 aromatic heterocycles. The van der Waals surface area contributed by atoms with Crippen LogP contribution in [-0.2, 0) is 4.74 Å². The molecule has 1 saturated heterocycles. The Morgan fingerprint density at radius 1 is 1.47 bits per heavy atom. The van der Waals surface area contributed by atoms with E-state index in [1.807, 2.05) is 24.3 Å². The zero-order chi connectivity index (χ0) is 12.3.